The molecule has 118 valence electrons. The number of benzene rings is 2. The van der Waals surface area contributed by atoms with Gasteiger partial charge in [-0.1, -0.05) is 28.1 Å². The van der Waals surface area contributed by atoms with Gasteiger partial charge in [0.1, 0.15) is 0 Å². The van der Waals surface area contributed by atoms with Crippen LogP contribution < -0.4 is 10.6 Å². The molecule has 0 saturated heterocycles. The molecule has 1 aliphatic rings. The van der Waals surface area contributed by atoms with E-state index in [0.29, 0.717) is 11.3 Å². The Morgan fingerprint density at radius 3 is 2.52 bits per heavy atom. The summed E-state index contributed by atoms with van der Waals surface area (Å²) in [6, 6.07) is 15.0. The smallest absolute Gasteiger partial charge is 0.251 e. The molecule has 2 unspecified atom stereocenters. The van der Waals surface area contributed by atoms with Crippen molar-refractivity contribution in [2.24, 2.45) is 5.92 Å². The molecule has 4 nitrogen and oxygen atoms in total. The fourth-order valence-corrected chi connectivity index (χ4v) is 3.09. The van der Waals surface area contributed by atoms with Crippen LogP contribution in [0.3, 0.4) is 0 Å². The lowest BCUT2D eigenvalue weighted by atomic mass is 10.1. The summed E-state index contributed by atoms with van der Waals surface area (Å²) < 4.78 is 1.03. The predicted octanol–water partition coefficient (Wildman–Crippen LogP) is 3.55. The number of rotatable bonds is 4. The maximum Gasteiger partial charge on any atom is 0.251 e. The van der Waals surface area contributed by atoms with Crippen molar-refractivity contribution in [1.82, 2.24) is 5.32 Å². The fraction of sp³-hybridized carbons (Fsp3) is 0.222. The Labute approximate surface area is 143 Å². The Kier molecular flexibility index (Phi) is 4.48. The van der Waals surface area contributed by atoms with Crippen molar-refractivity contribution in [3.63, 3.8) is 0 Å². The molecular weight excluding hydrogens is 356 g/mol. The van der Waals surface area contributed by atoms with Gasteiger partial charge in [0.2, 0.25) is 5.91 Å². The summed E-state index contributed by atoms with van der Waals surface area (Å²) in [5, 5.41) is 5.49. The summed E-state index contributed by atoms with van der Waals surface area (Å²) >= 11 is 3.46. The van der Waals surface area contributed by atoms with Crippen molar-refractivity contribution < 1.29 is 9.59 Å². The molecule has 1 aliphatic carbocycles. The average Bonchev–Trinajstić information content (AvgIpc) is 3.35. The van der Waals surface area contributed by atoms with E-state index in [1.807, 2.05) is 12.1 Å². The number of halogens is 1. The van der Waals surface area contributed by atoms with Crippen LogP contribution in [0.4, 0.5) is 5.69 Å². The molecule has 23 heavy (non-hydrogen) atoms. The first-order valence-electron chi connectivity index (χ1n) is 7.47. The van der Waals surface area contributed by atoms with Gasteiger partial charge in [0, 0.05) is 28.7 Å². The van der Waals surface area contributed by atoms with E-state index in [1.54, 1.807) is 31.3 Å². The van der Waals surface area contributed by atoms with Crippen molar-refractivity contribution >= 4 is 33.4 Å². The zero-order valence-electron chi connectivity index (χ0n) is 12.7. The highest BCUT2D eigenvalue weighted by Gasteiger charge is 2.43. The van der Waals surface area contributed by atoms with Crippen LogP contribution in [0.2, 0.25) is 0 Å². The van der Waals surface area contributed by atoms with Crippen LogP contribution in [-0.4, -0.2) is 18.9 Å². The van der Waals surface area contributed by atoms with Crippen molar-refractivity contribution in [3.05, 3.63) is 64.1 Å². The van der Waals surface area contributed by atoms with Crippen molar-refractivity contribution in [2.75, 3.05) is 12.4 Å². The summed E-state index contributed by atoms with van der Waals surface area (Å²) in [5.41, 5.74) is 2.47. The third-order valence-electron chi connectivity index (χ3n) is 4.05. The molecule has 1 saturated carbocycles. The highest BCUT2D eigenvalue weighted by atomic mass is 79.9. The van der Waals surface area contributed by atoms with Gasteiger partial charge in [-0.3, -0.25) is 9.59 Å². The van der Waals surface area contributed by atoms with Gasteiger partial charge in [-0.15, -0.1) is 0 Å². The zero-order chi connectivity index (χ0) is 16.4. The number of anilines is 1. The Balaban J connectivity index is 1.61. The van der Waals surface area contributed by atoms with E-state index in [0.717, 1.165) is 10.9 Å². The molecule has 0 radical (unpaired) electrons. The third-order valence-corrected chi connectivity index (χ3v) is 4.54. The van der Waals surface area contributed by atoms with Crippen LogP contribution in [0.5, 0.6) is 0 Å². The second-order valence-corrected chi connectivity index (χ2v) is 6.57. The Morgan fingerprint density at radius 2 is 1.87 bits per heavy atom. The minimum absolute atomic E-state index is 0.0166. The molecule has 3 rings (SSSR count). The molecule has 0 aliphatic heterocycles. The van der Waals surface area contributed by atoms with Gasteiger partial charge < -0.3 is 10.6 Å². The van der Waals surface area contributed by atoms with Crippen molar-refractivity contribution in [2.45, 2.75) is 12.3 Å². The second-order valence-electron chi connectivity index (χ2n) is 5.65. The molecule has 2 aromatic carbocycles. The average molecular weight is 373 g/mol. The molecule has 5 heteroatoms. The summed E-state index contributed by atoms with van der Waals surface area (Å²) in [4.78, 5) is 23.8. The quantitative estimate of drug-likeness (QED) is 0.861. The van der Waals surface area contributed by atoms with Gasteiger partial charge in [-0.05, 0) is 54.3 Å². The molecular formula is C18H17BrN2O2. The normalized spacial score (nSPS) is 19.0. The molecule has 1 fully saturated rings. The van der Waals surface area contributed by atoms with Gasteiger partial charge in [0.05, 0.1) is 0 Å². The molecule has 2 amide bonds. The van der Waals surface area contributed by atoms with Crippen LogP contribution in [0.15, 0.2) is 53.0 Å². The van der Waals surface area contributed by atoms with E-state index in [-0.39, 0.29) is 23.7 Å². The molecule has 0 spiro atoms. The van der Waals surface area contributed by atoms with E-state index < -0.39 is 0 Å². The van der Waals surface area contributed by atoms with E-state index >= 15 is 0 Å². The summed E-state index contributed by atoms with van der Waals surface area (Å²) in [6.45, 7) is 0. The number of nitrogens with one attached hydrogen (secondary N) is 2. The Bertz CT molecular complexity index is 743. The van der Waals surface area contributed by atoms with E-state index in [2.05, 4.69) is 38.7 Å². The van der Waals surface area contributed by atoms with Gasteiger partial charge >= 0.3 is 0 Å². The minimum Gasteiger partial charge on any atom is -0.355 e. The second kappa shape index (κ2) is 6.54. The van der Waals surface area contributed by atoms with Crippen LogP contribution in [0.25, 0.3) is 0 Å². The van der Waals surface area contributed by atoms with Crippen LogP contribution in [0, 0.1) is 5.92 Å². The first kappa shape index (κ1) is 15.7. The lowest BCUT2D eigenvalue weighted by Gasteiger charge is -2.06. The standard InChI is InChI=1S/C18H17BrN2O2/c1-20-17(22)11-5-7-14(8-6-11)21-18(23)16-10-15(16)12-3-2-4-13(19)9-12/h2-9,15-16H,10H2,1H3,(H,20,22)(H,21,23). The van der Waals surface area contributed by atoms with Crippen molar-refractivity contribution in [3.8, 4) is 0 Å². The van der Waals surface area contributed by atoms with Crippen LogP contribution in [0.1, 0.15) is 28.3 Å². The predicted molar refractivity (Wildman–Crippen MR) is 93.5 cm³/mol. The minimum atomic E-state index is -0.139. The largest absolute Gasteiger partial charge is 0.355 e. The Morgan fingerprint density at radius 1 is 1.13 bits per heavy atom. The van der Waals surface area contributed by atoms with Crippen LogP contribution in [-0.2, 0) is 4.79 Å². The van der Waals surface area contributed by atoms with Gasteiger partial charge in [-0.25, -0.2) is 0 Å². The molecule has 2 aromatic rings. The van der Waals surface area contributed by atoms with Gasteiger partial charge in [0.25, 0.3) is 5.91 Å². The first-order valence-corrected chi connectivity index (χ1v) is 8.26. The maximum atomic E-state index is 12.3. The number of carbonyl (C=O) groups excluding carboxylic acids is 2. The van der Waals surface area contributed by atoms with Crippen molar-refractivity contribution in [1.29, 1.82) is 0 Å². The number of hydrogen-bond donors (Lipinski definition) is 2. The topological polar surface area (TPSA) is 58.2 Å². The van der Waals surface area contributed by atoms with E-state index in [9.17, 15) is 9.59 Å². The van der Waals surface area contributed by atoms with E-state index in [1.165, 1.54) is 5.56 Å². The first-order chi connectivity index (χ1) is 11.1. The zero-order valence-corrected chi connectivity index (χ0v) is 14.3. The number of amides is 2. The lowest BCUT2D eigenvalue weighted by Crippen LogP contribution is -2.18. The summed E-state index contributed by atoms with van der Waals surface area (Å²) in [7, 11) is 1.59. The van der Waals surface area contributed by atoms with Gasteiger partial charge in [0.15, 0.2) is 0 Å². The number of hydrogen-bond acceptors (Lipinski definition) is 2. The molecule has 0 heterocycles. The highest BCUT2D eigenvalue weighted by molar-refractivity contribution is 9.10. The molecule has 2 N–H and O–H groups in total. The third kappa shape index (κ3) is 3.62. The van der Waals surface area contributed by atoms with Gasteiger partial charge in [-0.2, -0.15) is 0 Å². The maximum absolute atomic E-state index is 12.3. The Hall–Kier alpha value is -2.14. The van der Waals surface area contributed by atoms with E-state index in [4.69, 9.17) is 0 Å². The number of carbonyl (C=O) groups is 2. The molecule has 2 atom stereocenters. The summed E-state index contributed by atoms with van der Waals surface area (Å²) in [6.07, 6.45) is 0.874. The fourth-order valence-electron chi connectivity index (χ4n) is 2.67. The lowest BCUT2D eigenvalue weighted by molar-refractivity contribution is -0.117. The summed E-state index contributed by atoms with van der Waals surface area (Å²) in [5.74, 6) is 0.197. The SMILES string of the molecule is CNC(=O)c1ccc(NC(=O)C2CC2c2cccc(Br)c2)cc1. The monoisotopic (exact) mass is 372 g/mol. The van der Waals surface area contributed by atoms with Crippen LogP contribution >= 0.6 is 15.9 Å². The highest BCUT2D eigenvalue weighted by Crippen LogP contribution is 2.48. The molecule has 0 bridgehead atoms. The molecule has 0 aromatic heterocycles.